The Hall–Kier alpha value is -1.20. The van der Waals surface area contributed by atoms with Crippen LogP contribution in [0.4, 0.5) is 8.78 Å². The molecular weight excluding hydrogens is 274 g/mol. The van der Waals surface area contributed by atoms with Crippen LogP contribution < -0.4 is 15.8 Å². The van der Waals surface area contributed by atoms with Gasteiger partial charge in [-0.1, -0.05) is 26.0 Å². The summed E-state index contributed by atoms with van der Waals surface area (Å²) in [7, 11) is 0. The molecule has 1 aromatic rings. The summed E-state index contributed by atoms with van der Waals surface area (Å²) < 4.78 is 28.6. The van der Waals surface area contributed by atoms with E-state index in [0.717, 1.165) is 18.4 Å². The summed E-state index contributed by atoms with van der Waals surface area (Å²) in [6.45, 7) is 2.25. The van der Waals surface area contributed by atoms with Crippen molar-refractivity contribution in [2.24, 2.45) is 11.1 Å². The van der Waals surface area contributed by atoms with Crippen molar-refractivity contribution in [3.8, 4) is 5.75 Å². The molecule has 1 fully saturated rings. The third kappa shape index (κ3) is 4.64. The molecule has 5 heteroatoms. The molecule has 0 spiro atoms. The van der Waals surface area contributed by atoms with Gasteiger partial charge in [0.05, 0.1) is 0 Å². The van der Waals surface area contributed by atoms with E-state index in [1.807, 2.05) is 0 Å². The minimum Gasteiger partial charge on any atom is -0.435 e. The van der Waals surface area contributed by atoms with Crippen LogP contribution in [-0.4, -0.2) is 19.2 Å². The number of ether oxygens (including phenoxy) is 1. The Kier molecular flexibility index (Phi) is 5.17. The van der Waals surface area contributed by atoms with Crippen molar-refractivity contribution >= 4 is 0 Å². The van der Waals surface area contributed by atoms with E-state index in [0.29, 0.717) is 18.0 Å². The molecule has 118 valence electrons. The molecule has 1 aromatic carbocycles. The number of benzene rings is 1. The molecule has 0 amide bonds. The lowest BCUT2D eigenvalue weighted by Crippen LogP contribution is -2.35. The molecule has 1 aliphatic carbocycles. The highest BCUT2D eigenvalue weighted by atomic mass is 19.3. The maximum atomic E-state index is 12.1. The van der Waals surface area contributed by atoms with Crippen LogP contribution in [0.15, 0.2) is 24.3 Å². The monoisotopic (exact) mass is 298 g/mol. The minimum atomic E-state index is -2.79. The average Bonchev–Trinajstić information content (AvgIpc) is 2.76. The lowest BCUT2D eigenvalue weighted by Gasteiger charge is -2.24. The molecule has 0 bridgehead atoms. The lowest BCUT2D eigenvalue weighted by atomic mass is 9.91. The zero-order valence-corrected chi connectivity index (χ0v) is 12.6. The van der Waals surface area contributed by atoms with Gasteiger partial charge in [-0.25, -0.2) is 0 Å². The maximum absolute atomic E-state index is 12.1. The third-order valence-corrected chi connectivity index (χ3v) is 4.15. The van der Waals surface area contributed by atoms with E-state index in [4.69, 9.17) is 5.73 Å². The predicted molar refractivity (Wildman–Crippen MR) is 79.4 cm³/mol. The Labute approximate surface area is 124 Å². The highest BCUT2D eigenvalue weighted by molar-refractivity contribution is 5.29. The van der Waals surface area contributed by atoms with Crippen LogP contribution in [0.25, 0.3) is 0 Å². The molecule has 0 heterocycles. The number of hydrogen-bond donors (Lipinski definition) is 2. The summed E-state index contributed by atoms with van der Waals surface area (Å²) in [6, 6.07) is 7.22. The second kappa shape index (κ2) is 6.71. The molecule has 2 unspecified atom stereocenters. The molecule has 0 aliphatic heterocycles. The van der Waals surface area contributed by atoms with E-state index in [-0.39, 0.29) is 11.8 Å². The summed E-state index contributed by atoms with van der Waals surface area (Å²) in [5.74, 6) is 0.173. The van der Waals surface area contributed by atoms with Crippen molar-refractivity contribution in [1.82, 2.24) is 5.32 Å². The van der Waals surface area contributed by atoms with Gasteiger partial charge < -0.3 is 15.8 Å². The summed E-state index contributed by atoms with van der Waals surface area (Å²) >= 11 is 0. The van der Waals surface area contributed by atoms with Crippen molar-refractivity contribution in [2.75, 3.05) is 6.54 Å². The van der Waals surface area contributed by atoms with Crippen LogP contribution in [0.2, 0.25) is 0 Å². The Bertz CT molecular complexity index is 448. The van der Waals surface area contributed by atoms with Gasteiger partial charge in [0.2, 0.25) is 0 Å². The summed E-state index contributed by atoms with van der Waals surface area (Å²) in [5.41, 5.74) is 7.24. The van der Waals surface area contributed by atoms with E-state index < -0.39 is 6.61 Å². The van der Waals surface area contributed by atoms with Gasteiger partial charge in [0, 0.05) is 18.6 Å². The molecule has 3 N–H and O–H groups in total. The first kappa shape index (κ1) is 16.2. The van der Waals surface area contributed by atoms with Crippen LogP contribution in [-0.2, 0) is 0 Å². The topological polar surface area (TPSA) is 47.3 Å². The van der Waals surface area contributed by atoms with Gasteiger partial charge in [0.1, 0.15) is 5.75 Å². The molecule has 1 saturated carbocycles. The number of halogens is 2. The van der Waals surface area contributed by atoms with Crippen LogP contribution in [0.3, 0.4) is 0 Å². The highest BCUT2D eigenvalue weighted by Gasteiger charge is 2.31. The number of hydrogen-bond acceptors (Lipinski definition) is 3. The van der Waals surface area contributed by atoms with Crippen LogP contribution >= 0.6 is 0 Å². The van der Waals surface area contributed by atoms with Gasteiger partial charge in [-0.15, -0.1) is 0 Å². The number of rotatable bonds is 6. The molecule has 0 aromatic heterocycles. The summed E-state index contributed by atoms with van der Waals surface area (Å²) in [5, 5.41) is 3.58. The zero-order chi connectivity index (χ0) is 15.5. The van der Waals surface area contributed by atoms with Crippen LogP contribution in [0, 0.1) is 5.41 Å². The van der Waals surface area contributed by atoms with Crippen molar-refractivity contribution in [1.29, 1.82) is 0 Å². The van der Waals surface area contributed by atoms with Crippen molar-refractivity contribution in [3.63, 3.8) is 0 Å². The van der Waals surface area contributed by atoms with E-state index in [9.17, 15) is 8.78 Å². The van der Waals surface area contributed by atoms with Crippen LogP contribution in [0.1, 0.15) is 44.7 Å². The Morgan fingerprint density at radius 1 is 1.33 bits per heavy atom. The molecule has 0 radical (unpaired) electrons. The third-order valence-electron chi connectivity index (χ3n) is 4.15. The fourth-order valence-electron chi connectivity index (χ4n) is 3.04. The fourth-order valence-corrected chi connectivity index (χ4v) is 3.04. The van der Waals surface area contributed by atoms with E-state index in [1.165, 1.54) is 6.42 Å². The zero-order valence-electron chi connectivity index (χ0n) is 12.6. The minimum absolute atomic E-state index is 0.0458. The normalized spacial score (nSPS) is 22.5. The maximum Gasteiger partial charge on any atom is 0.387 e. The van der Waals surface area contributed by atoms with Gasteiger partial charge in [-0.05, 0) is 42.4 Å². The Morgan fingerprint density at radius 3 is 2.48 bits per heavy atom. The smallest absolute Gasteiger partial charge is 0.387 e. The van der Waals surface area contributed by atoms with Crippen molar-refractivity contribution in [3.05, 3.63) is 29.8 Å². The van der Waals surface area contributed by atoms with E-state index >= 15 is 0 Å². The predicted octanol–water partition coefficient (Wildman–Crippen LogP) is 3.46. The molecular formula is C16H24F2N2O. The largest absolute Gasteiger partial charge is 0.435 e. The highest BCUT2D eigenvalue weighted by Crippen LogP contribution is 2.37. The van der Waals surface area contributed by atoms with Gasteiger partial charge in [-0.3, -0.25) is 0 Å². The van der Waals surface area contributed by atoms with Crippen LogP contribution in [0.5, 0.6) is 5.75 Å². The van der Waals surface area contributed by atoms with Gasteiger partial charge in [0.15, 0.2) is 0 Å². The van der Waals surface area contributed by atoms with Gasteiger partial charge in [0.25, 0.3) is 0 Å². The van der Waals surface area contributed by atoms with Crippen molar-refractivity contribution in [2.45, 2.75) is 51.8 Å². The first-order chi connectivity index (χ1) is 9.89. The molecule has 3 nitrogen and oxygen atoms in total. The van der Waals surface area contributed by atoms with E-state index in [1.54, 1.807) is 24.3 Å². The molecule has 2 rings (SSSR count). The fraction of sp³-hybridized carbons (Fsp3) is 0.625. The van der Waals surface area contributed by atoms with E-state index in [2.05, 4.69) is 23.9 Å². The molecule has 21 heavy (non-hydrogen) atoms. The van der Waals surface area contributed by atoms with Gasteiger partial charge in [-0.2, -0.15) is 8.78 Å². The Morgan fingerprint density at radius 2 is 2.00 bits per heavy atom. The first-order valence-electron chi connectivity index (χ1n) is 7.40. The molecule has 1 aliphatic rings. The summed E-state index contributed by atoms with van der Waals surface area (Å²) in [6.07, 6.45) is 3.50. The number of nitrogens with two attached hydrogens (primary N) is 1. The standard InChI is InChI=1S/C16H24F2N2O/c1-16(2)8-7-12(9-16)20-14(10-19)11-3-5-13(6-4-11)21-15(17)18/h3-6,12,14-15,20H,7-10,19H2,1-2H3. The summed E-state index contributed by atoms with van der Waals surface area (Å²) in [4.78, 5) is 0. The Balaban J connectivity index is 1.97. The lowest BCUT2D eigenvalue weighted by molar-refractivity contribution is -0.0498. The first-order valence-corrected chi connectivity index (χ1v) is 7.40. The number of nitrogens with one attached hydrogen (secondary N) is 1. The SMILES string of the molecule is CC1(C)CCC(NC(CN)c2ccc(OC(F)F)cc2)C1. The molecule has 2 atom stereocenters. The second-order valence-corrected chi connectivity index (χ2v) is 6.51. The average molecular weight is 298 g/mol. The second-order valence-electron chi connectivity index (χ2n) is 6.51. The van der Waals surface area contributed by atoms with Crippen molar-refractivity contribution < 1.29 is 13.5 Å². The quantitative estimate of drug-likeness (QED) is 0.845. The number of alkyl halides is 2. The molecule has 0 saturated heterocycles. The van der Waals surface area contributed by atoms with Gasteiger partial charge >= 0.3 is 6.61 Å².